The third-order valence-corrected chi connectivity index (χ3v) is 8.01. The number of nitrogens with one attached hydrogen (secondary N) is 1. The van der Waals surface area contributed by atoms with E-state index in [4.69, 9.17) is 4.74 Å². The van der Waals surface area contributed by atoms with E-state index in [-0.39, 0.29) is 37.7 Å². The Morgan fingerprint density at radius 2 is 1.53 bits per heavy atom. The highest BCUT2D eigenvalue weighted by atomic mass is 32.2. The number of anilines is 1. The second kappa shape index (κ2) is 15.0. The van der Waals surface area contributed by atoms with E-state index in [9.17, 15) is 18.0 Å². The van der Waals surface area contributed by atoms with Crippen molar-refractivity contribution >= 4 is 27.5 Å². The van der Waals surface area contributed by atoms with Gasteiger partial charge < -0.3 is 15.0 Å². The van der Waals surface area contributed by atoms with Crippen molar-refractivity contribution < 1.29 is 22.7 Å². The van der Waals surface area contributed by atoms with Crippen LogP contribution in [0.2, 0.25) is 0 Å². The second-order valence-electron chi connectivity index (χ2n) is 11.8. The number of rotatable bonds is 14. The van der Waals surface area contributed by atoms with E-state index in [1.54, 1.807) is 29.2 Å². The highest BCUT2D eigenvalue weighted by molar-refractivity contribution is 7.92. The van der Waals surface area contributed by atoms with E-state index < -0.39 is 21.6 Å². The molecule has 43 heavy (non-hydrogen) atoms. The quantitative estimate of drug-likeness (QED) is 0.261. The zero-order valence-corrected chi connectivity index (χ0v) is 27.0. The van der Waals surface area contributed by atoms with Crippen molar-refractivity contribution in [3.63, 3.8) is 0 Å². The molecule has 0 aliphatic carbocycles. The number of aryl methyl sites for hydroxylation is 1. The number of ether oxygens (including phenoxy) is 1. The summed E-state index contributed by atoms with van der Waals surface area (Å²) in [5.74, 6) is 0.00172. The van der Waals surface area contributed by atoms with E-state index in [1.807, 2.05) is 89.2 Å². The maximum absolute atomic E-state index is 14.0. The Balaban J connectivity index is 1.91. The maximum atomic E-state index is 14.0. The van der Waals surface area contributed by atoms with Crippen LogP contribution in [0.25, 0.3) is 0 Å². The van der Waals surface area contributed by atoms with Crippen molar-refractivity contribution in [2.45, 2.75) is 72.0 Å². The summed E-state index contributed by atoms with van der Waals surface area (Å²) in [7, 11) is -3.66. The van der Waals surface area contributed by atoms with Gasteiger partial charge in [-0.05, 0) is 64.3 Å². The molecule has 1 unspecified atom stereocenters. The Morgan fingerprint density at radius 1 is 0.907 bits per heavy atom. The third kappa shape index (κ3) is 10.4. The van der Waals surface area contributed by atoms with Gasteiger partial charge in [-0.1, -0.05) is 72.3 Å². The molecule has 9 heteroatoms. The maximum Gasteiger partial charge on any atom is 0.243 e. The molecule has 0 aliphatic rings. The van der Waals surface area contributed by atoms with Crippen LogP contribution in [-0.2, 0) is 32.6 Å². The first-order valence-corrected chi connectivity index (χ1v) is 16.5. The summed E-state index contributed by atoms with van der Waals surface area (Å²) in [5, 5.41) is 3.07. The van der Waals surface area contributed by atoms with E-state index in [2.05, 4.69) is 5.32 Å². The highest BCUT2D eigenvalue weighted by Gasteiger charge is 2.32. The molecule has 0 saturated heterocycles. The number of hydrogen-bond donors (Lipinski definition) is 1. The first-order chi connectivity index (χ1) is 20.3. The average Bonchev–Trinajstić information content (AvgIpc) is 2.93. The van der Waals surface area contributed by atoms with Gasteiger partial charge in [-0.2, -0.15) is 0 Å². The molecule has 0 aliphatic heterocycles. The molecule has 0 heterocycles. The Kier molecular flexibility index (Phi) is 11.8. The summed E-state index contributed by atoms with van der Waals surface area (Å²) >= 11 is 0. The Labute approximate surface area is 257 Å². The molecule has 0 fully saturated rings. The number of para-hydroxylation sites is 2. The molecule has 2 amide bonds. The number of nitrogens with zero attached hydrogens (tertiary/aromatic N) is 2. The summed E-state index contributed by atoms with van der Waals surface area (Å²) in [6, 6.07) is 23.8. The lowest BCUT2D eigenvalue weighted by Gasteiger charge is -2.34. The number of carbonyl (C=O) groups is 2. The van der Waals surface area contributed by atoms with Crippen LogP contribution in [0.5, 0.6) is 5.75 Å². The molecular formula is C34H45N3O5S. The van der Waals surface area contributed by atoms with Gasteiger partial charge in [0.25, 0.3) is 0 Å². The van der Waals surface area contributed by atoms with Gasteiger partial charge in [0, 0.05) is 31.5 Å². The van der Waals surface area contributed by atoms with E-state index in [0.717, 1.165) is 22.9 Å². The minimum Gasteiger partial charge on any atom is -0.492 e. The second-order valence-corrected chi connectivity index (χ2v) is 13.7. The van der Waals surface area contributed by atoms with Crippen molar-refractivity contribution in [1.82, 2.24) is 10.2 Å². The first-order valence-electron chi connectivity index (χ1n) is 14.7. The summed E-state index contributed by atoms with van der Waals surface area (Å²) in [4.78, 5) is 29.4. The lowest BCUT2D eigenvalue weighted by Crippen LogP contribution is -2.54. The van der Waals surface area contributed by atoms with Crippen molar-refractivity contribution in [3.05, 3.63) is 95.6 Å². The van der Waals surface area contributed by atoms with Gasteiger partial charge in [0.05, 0.1) is 18.6 Å². The molecule has 1 N–H and O–H groups in total. The molecule has 1 atom stereocenters. The number of sulfonamides is 1. The van der Waals surface area contributed by atoms with Gasteiger partial charge in [0.1, 0.15) is 11.8 Å². The predicted molar refractivity (Wildman–Crippen MR) is 173 cm³/mol. The Bertz CT molecular complexity index is 1450. The molecule has 0 saturated carbocycles. The molecule has 0 radical (unpaired) electrons. The molecule has 232 valence electrons. The van der Waals surface area contributed by atoms with Gasteiger partial charge in [0.15, 0.2) is 0 Å². The standard InChI is InChI=1S/C34H45N3O5S/c1-7-42-31-17-12-11-16-29(31)37(43(6,40)41)23-13-18-32(38)36(25-28-21-19-26(2)20-22-28)30(33(39)35-34(3,4)5)24-27-14-9-8-10-15-27/h8-12,14-17,19-22,30H,7,13,18,23-25H2,1-6H3,(H,35,39). The fourth-order valence-corrected chi connectivity index (χ4v) is 5.79. The largest absolute Gasteiger partial charge is 0.492 e. The Morgan fingerprint density at radius 3 is 2.14 bits per heavy atom. The van der Waals surface area contributed by atoms with E-state index in [1.165, 1.54) is 4.31 Å². The van der Waals surface area contributed by atoms with Crippen molar-refractivity contribution in [2.24, 2.45) is 0 Å². The van der Waals surface area contributed by atoms with Crippen molar-refractivity contribution in [1.29, 1.82) is 0 Å². The van der Waals surface area contributed by atoms with Gasteiger partial charge in [-0.15, -0.1) is 0 Å². The molecule has 0 bridgehead atoms. The van der Waals surface area contributed by atoms with Crippen LogP contribution in [0.1, 0.15) is 57.2 Å². The van der Waals surface area contributed by atoms with Crippen LogP contribution in [0.3, 0.4) is 0 Å². The minimum absolute atomic E-state index is 0.0583. The molecule has 3 aromatic carbocycles. The lowest BCUT2D eigenvalue weighted by molar-refractivity contribution is -0.142. The van der Waals surface area contributed by atoms with E-state index in [0.29, 0.717) is 24.5 Å². The number of benzene rings is 3. The monoisotopic (exact) mass is 607 g/mol. The fourth-order valence-electron chi connectivity index (χ4n) is 4.82. The zero-order valence-electron chi connectivity index (χ0n) is 26.2. The molecular weight excluding hydrogens is 562 g/mol. The van der Waals surface area contributed by atoms with Crippen LogP contribution in [0.4, 0.5) is 5.69 Å². The van der Waals surface area contributed by atoms with Crippen molar-refractivity contribution in [2.75, 3.05) is 23.7 Å². The van der Waals surface area contributed by atoms with Gasteiger partial charge in [-0.3, -0.25) is 13.9 Å². The Hall–Kier alpha value is -3.85. The predicted octanol–water partition coefficient (Wildman–Crippen LogP) is 5.49. The number of carbonyl (C=O) groups excluding carboxylic acids is 2. The first kappa shape index (κ1) is 33.6. The van der Waals surface area contributed by atoms with E-state index >= 15 is 0 Å². The topological polar surface area (TPSA) is 96.0 Å². The number of amides is 2. The molecule has 3 aromatic rings. The molecule has 0 spiro atoms. The SMILES string of the molecule is CCOc1ccccc1N(CCCC(=O)N(Cc1ccc(C)cc1)C(Cc1ccccc1)C(=O)NC(C)(C)C)S(C)(=O)=O. The summed E-state index contributed by atoms with van der Waals surface area (Å²) in [6.45, 7) is 10.3. The lowest BCUT2D eigenvalue weighted by atomic mass is 10.00. The third-order valence-electron chi connectivity index (χ3n) is 6.83. The highest BCUT2D eigenvalue weighted by Crippen LogP contribution is 2.30. The molecule has 0 aromatic heterocycles. The van der Waals surface area contributed by atoms with Gasteiger partial charge >= 0.3 is 0 Å². The average molecular weight is 608 g/mol. The van der Waals surface area contributed by atoms with Gasteiger partial charge in [0.2, 0.25) is 21.8 Å². The zero-order chi connectivity index (χ0) is 31.6. The fraction of sp³-hybridized carbons (Fsp3) is 0.412. The molecule has 8 nitrogen and oxygen atoms in total. The smallest absolute Gasteiger partial charge is 0.243 e. The van der Waals surface area contributed by atoms with Crippen LogP contribution in [0, 0.1) is 6.92 Å². The van der Waals surface area contributed by atoms with Crippen LogP contribution >= 0.6 is 0 Å². The molecule has 3 rings (SSSR count). The van der Waals surface area contributed by atoms with Crippen LogP contribution in [0.15, 0.2) is 78.9 Å². The normalized spacial score (nSPS) is 12.3. The number of hydrogen-bond acceptors (Lipinski definition) is 5. The summed E-state index contributed by atoms with van der Waals surface area (Å²) in [6.07, 6.45) is 1.81. The van der Waals surface area contributed by atoms with Gasteiger partial charge in [-0.25, -0.2) is 8.42 Å². The summed E-state index contributed by atoms with van der Waals surface area (Å²) < 4.78 is 32.6. The minimum atomic E-state index is -3.66. The van der Waals surface area contributed by atoms with Crippen LogP contribution in [-0.4, -0.2) is 56.1 Å². The van der Waals surface area contributed by atoms with Crippen molar-refractivity contribution in [3.8, 4) is 5.75 Å². The van der Waals surface area contributed by atoms with Crippen LogP contribution < -0.4 is 14.4 Å². The summed E-state index contributed by atoms with van der Waals surface area (Å²) in [5.41, 5.74) is 2.88.